The fourth-order valence-electron chi connectivity index (χ4n) is 2.12. The largest absolute Gasteiger partial charge is 0.378 e. The first kappa shape index (κ1) is 15.2. The van der Waals surface area contributed by atoms with Crippen LogP contribution < -0.4 is 10.6 Å². The van der Waals surface area contributed by atoms with Crippen LogP contribution in [0.15, 0.2) is 12.1 Å². The molecule has 0 spiro atoms. The van der Waals surface area contributed by atoms with E-state index in [1.54, 1.807) is 0 Å². The number of nitrogens with two attached hydrogens (primary N) is 1. The Morgan fingerprint density at radius 3 is 2.70 bits per heavy atom. The first-order valence-electron chi connectivity index (χ1n) is 7.23. The number of rotatable bonds is 5. The number of hydrogen-bond donors (Lipinski definition) is 1. The van der Waals surface area contributed by atoms with Gasteiger partial charge < -0.3 is 20.1 Å². The summed E-state index contributed by atoms with van der Waals surface area (Å²) in [4.78, 5) is 6.95. The SMILES string of the molecule is Cc1cc(CO[C@H](C)[C@@H](C)N)nc(N2CCOCC2)c1. The number of pyridine rings is 1. The quantitative estimate of drug-likeness (QED) is 0.884. The lowest BCUT2D eigenvalue weighted by Crippen LogP contribution is -2.37. The average molecular weight is 279 g/mol. The highest BCUT2D eigenvalue weighted by molar-refractivity contribution is 5.42. The highest BCUT2D eigenvalue weighted by Crippen LogP contribution is 2.17. The summed E-state index contributed by atoms with van der Waals surface area (Å²) in [6, 6.07) is 4.21. The monoisotopic (exact) mass is 279 g/mol. The second kappa shape index (κ2) is 7.02. The van der Waals surface area contributed by atoms with Gasteiger partial charge in [-0.05, 0) is 38.5 Å². The van der Waals surface area contributed by atoms with Crippen LogP contribution in [-0.2, 0) is 16.1 Å². The maximum atomic E-state index is 5.81. The number of nitrogens with zero attached hydrogens (tertiary/aromatic N) is 2. The molecule has 1 aliphatic rings. The zero-order valence-corrected chi connectivity index (χ0v) is 12.6. The Kier molecular flexibility index (Phi) is 5.34. The molecule has 20 heavy (non-hydrogen) atoms. The molecule has 0 unspecified atom stereocenters. The molecule has 0 bridgehead atoms. The van der Waals surface area contributed by atoms with E-state index < -0.39 is 0 Å². The van der Waals surface area contributed by atoms with Crippen molar-refractivity contribution < 1.29 is 9.47 Å². The smallest absolute Gasteiger partial charge is 0.129 e. The van der Waals surface area contributed by atoms with Gasteiger partial charge in [-0.3, -0.25) is 0 Å². The van der Waals surface area contributed by atoms with E-state index in [4.69, 9.17) is 20.2 Å². The van der Waals surface area contributed by atoms with E-state index in [1.807, 2.05) is 13.8 Å². The predicted molar refractivity (Wildman–Crippen MR) is 79.9 cm³/mol. The van der Waals surface area contributed by atoms with Crippen molar-refractivity contribution in [1.82, 2.24) is 4.98 Å². The maximum absolute atomic E-state index is 5.81. The van der Waals surface area contributed by atoms with Crippen LogP contribution in [0.1, 0.15) is 25.1 Å². The molecule has 2 atom stereocenters. The molecule has 2 rings (SSSR count). The Labute approximate surface area is 121 Å². The highest BCUT2D eigenvalue weighted by Gasteiger charge is 2.14. The van der Waals surface area contributed by atoms with Crippen molar-refractivity contribution in [2.24, 2.45) is 5.73 Å². The van der Waals surface area contributed by atoms with Crippen molar-refractivity contribution in [2.75, 3.05) is 31.2 Å². The zero-order chi connectivity index (χ0) is 14.5. The number of anilines is 1. The summed E-state index contributed by atoms with van der Waals surface area (Å²) in [7, 11) is 0. The van der Waals surface area contributed by atoms with E-state index in [0.29, 0.717) is 6.61 Å². The molecule has 1 fully saturated rings. The minimum atomic E-state index is 0.0264. The average Bonchev–Trinajstić information content (AvgIpc) is 2.45. The molecule has 5 heteroatoms. The zero-order valence-electron chi connectivity index (χ0n) is 12.6. The molecule has 112 valence electrons. The molecule has 0 radical (unpaired) electrons. The summed E-state index contributed by atoms with van der Waals surface area (Å²) in [5, 5.41) is 0. The minimum absolute atomic E-state index is 0.0264. The Morgan fingerprint density at radius 2 is 2.05 bits per heavy atom. The Bertz CT molecular complexity index is 431. The molecular weight excluding hydrogens is 254 g/mol. The van der Waals surface area contributed by atoms with E-state index in [0.717, 1.165) is 37.8 Å². The van der Waals surface area contributed by atoms with E-state index in [-0.39, 0.29) is 12.1 Å². The molecule has 5 nitrogen and oxygen atoms in total. The molecule has 0 aromatic carbocycles. The van der Waals surface area contributed by atoms with Crippen LogP contribution in [0, 0.1) is 6.92 Å². The van der Waals surface area contributed by atoms with Crippen molar-refractivity contribution in [2.45, 2.75) is 39.5 Å². The topological polar surface area (TPSA) is 60.6 Å². The third-order valence-electron chi connectivity index (χ3n) is 3.58. The van der Waals surface area contributed by atoms with Crippen molar-refractivity contribution in [3.8, 4) is 0 Å². The third kappa shape index (κ3) is 4.16. The lowest BCUT2D eigenvalue weighted by atomic mass is 10.2. The van der Waals surface area contributed by atoms with E-state index in [1.165, 1.54) is 5.56 Å². The van der Waals surface area contributed by atoms with E-state index in [9.17, 15) is 0 Å². The van der Waals surface area contributed by atoms with Crippen molar-refractivity contribution in [3.05, 3.63) is 23.4 Å². The van der Waals surface area contributed by atoms with E-state index in [2.05, 4.69) is 24.0 Å². The molecule has 0 aliphatic carbocycles. The van der Waals surface area contributed by atoms with Crippen LogP contribution in [0.3, 0.4) is 0 Å². The van der Waals surface area contributed by atoms with Gasteiger partial charge in [0.05, 0.1) is 31.6 Å². The van der Waals surface area contributed by atoms with Gasteiger partial charge in [-0.2, -0.15) is 0 Å². The van der Waals surface area contributed by atoms with Gasteiger partial charge >= 0.3 is 0 Å². The summed E-state index contributed by atoms with van der Waals surface area (Å²) in [5.41, 5.74) is 7.97. The molecule has 2 N–H and O–H groups in total. The van der Waals surface area contributed by atoms with Crippen LogP contribution in [0.4, 0.5) is 5.82 Å². The standard InChI is InChI=1S/C15H25N3O2/c1-11-8-14(10-20-13(3)12(2)16)17-15(9-11)18-4-6-19-7-5-18/h8-9,12-13H,4-7,10,16H2,1-3H3/t12-,13-/m1/s1. The lowest BCUT2D eigenvalue weighted by Gasteiger charge is -2.28. The molecular formula is C15H25N3O2. The van der Waals surface area contributed by atoms with Crippen molar-refractivity contribution in [1.29, 1.82) is 0 Å². The van der Waals surface area contributed by atoms with Gasteiger partial charge in [-0.1, -0.05) is 0 Å². The Hall–Kier alpha value is -1.17. The summed E-state index contributed by atoms with van der Waals surface area (Å²) >= 11 is 0. The molecule has 2 heterocycles. The second-order valence-corrected chi connectivity index (χ2v) is 5.47. The van der Waals surface area contributed by atoms with Gasteiger partial charge in [0.25, 0.3) is 0 Å². The van der Waals surface area contributed by atoms with Crippen LogP contribution in [-0.4, -0.2) is 43.4 Å². The number of aromatic nitrogens is 1. The normalized spacial score (nSPS) is 18.9. The van der Waals surface area contributed by atoms with Crippen LogP contribution in [0.2, 0.25) is 0 Å². The molecule has 1 aliphatic heterocycles. The first-order valence-corrected chi connectivity index (χ1v) is 7.23. The van der Waals surface area contributed by atoms with Crippen LogP contribution in [0.5, 0.6) is 0 Å². The highest BCUT2D eigenvalue weighted by atomic mass is 16.5. The Morgan fingerprint density at radius 1 is 1.35 bits per heavy atom. The van der Waals surface area contributed by atoms with Gasteiger partial charge in [-0.15, -0.1) is 0 Å². The fourth-order valence-corrected chi connectivity index (χ4v) is 2.12. The number of ether oxygens (including phenoxy) is 2. The second-order valence-electron chi connectivity index (χ2n) is 5.47. The first-order chi connectivity index (χ1) is 9.56. The van der Waals surface area contributed by atoms with Gasteiger partial charge in [-0.25, -0.2) is 4.98 Å². The predicted octanol–water partition coefficient (Wildman–Crippen LogP) is 1.48. The molecule has 0 saturated carbocycles. The molecule has 0 amide bonds. The summed E-state index contributed by atoms with van der Waals surface area (Å²) in [6.07, 6.45) is 0.0316. The number of morpholine rings is 1. The van der Waals surface area contributed by atoms with Crippen molar-refractivity contribution >= 4 is 5.82 Å². The number of hydrogen-bond acceptors (Lipinski definition) is 5. The van der Waals surface area contributed by atoms with Gasteiger partial charge in [0, 0.05) is 19.1 Å². The van der Waals surface area contributed by atoms with Gasteiger partial charge in [0.2, 0.25) is 0 Å². The summed E-state index contributed by atoms with van der Waals surface area (Å²) in [5.74, 6) is 1.01. The molecule has 1 saturated heterocycles. The van der Waals surface area contributed by atoms with Gasteiger partial charge in [0.1, 0.15) is 5.82 Å². The third-order valence-corrected chi connectivity index (χ3v) is 3.58. The summed E-state index contributed by atoms with van der Waals surface area (Å²) < 4.78 is 11.1. The van der Waals surface area contributed by atoms with E-state index >= 15 is 0 Å². The van der Waals surface area contributed by atoms with Crippen LogP contribution in [0.25, 0.3) is 0 Å². The maximum Gasteiger partial charge on any atom is 0.129 e. The summed E-state index contributed by atoms with van der Waals surface area (Å²) in [6.45, 7) is 9.86. The lowest BCUT2D eigenvalue weighted by molar-refractivity contribution is 0.0380. The Balaban J connectivity index is 2.04. The molecule has 1 aromatic rings. The van der Waals surface area contributed by atoms with Gasteiger partial charge in [0.15, 0.2) is 0 Å². The fraction of sp³-hybridized carbons (Fsp3) is 0.667. The van der Waals surface area contributed by atoms with Crippen LogP contribution >= 0.6 is 0 Å². The number of aryl methyl sites for hydroxylation is 1. The minimum Gasteiger partial charge on any atom is -0.378 e. The molecule has 1 aromatic heterocycles. The van der Waals surface area contributed by atoms with Crippen molar-refractivity contribution in [3.63, 3.8) is 0 Å².